The number of hydrogen-bond donors (Lipinski definition) is 6. The fourth-order valence-electron chi connectivity index (χ4n) is 5.19. The molecule has 0 bridgehead atoms. The Bertz CT molecular complexity index is 2360. The number of aromatic hydroxyl groups is 2. The summed E-state index contributed by atoms with van der Waals surface area (Å²) >= 11 is 0. The smallest absolute Gasteiger partial charge is 0.298 e. The van der Waals surface area contributed by atoms with Crippen LogP contribution in [0, 0.1) is 0 Å². The van der Waals surface area contributed by atoms with Crippen LogP contribution in [0.2, 0.25) is 0 Å². The van der Waals surface area contributed by atoms with Crippen molar-refractivity contribution in [3.63, 3.8) is 0 Å². The van der Waals surface area contributed by atoms with Crippen molar-refractivity contribution < 1.29 is 36.2 Å². The van der Waals surface area contributed by atoms with Gasteiger partial charge in [-0.1, -0.05) is 72.8 Å². The van der Waals surface area contributed by atoms with Crippen molar-refractivity contribution in [2.75, 3.05) is 11.5 Å². The highest BCUT2D eigenvalue weighted by atomic mass is 32.2. The SMILES string of the molecule is Nc1c(/N=N/c2ccc(-c3ccc(/N=N/c4c(O)c(S(=O)(=O)O)c5ccccc5c4N)cc3)cc2)c(O)c(S(=O)(=O)O)c2ccccc12. The van der Waals surface area contributed by atoms with E-state index in [4.69, 9.17) is 11.5 Å². The van der Waals surface area contributed by atoms with Gasteiger partial charge >= 0.3 is 0 Å². The van der Waals surface area contributed by atoms with Gasteiger partial charge in [0.2, 0.25) is 0 Å². The Balaban J connectivity index is 1.26. The summed E-state index contributed by atoms with van der Waals surface area (Å²) in [5, 5.41) is 38.1. The number of nitrogens with zero attached hydrogens (tertiary/aromatic N) is 4. The number of rotatable bonds is 7. The second-order valence-electron chi connectivity index (χ2n) is 10.4. The molecule has 0 atom stereocenters. The molecule has 0 saturated heterocycles. The molecule has 0 unspecified atom stereocenters. The number of anilines is 2. The summed E-state index contributed by atoms with van der Waals surface area (Å²) in [6.45, 7) is 0. The number of azo groups is 2. The van der Waals surface area contributed by atoms with E-state index in [1.807, 2.05) is 0 Å². The molecular weight excluding hydrogens is 661 g/mol. The quantitative estimate of drug-likeness (QED) is 0.0546. The molecule has 0 aliphatic heterocycles. The monoisotopic (exact) mass is 684 g/mol. The molecule has 0 spiro atoms. The molecule has 0 amide bonds. The molecule has 8 N–H and O–H groups in total. The zero-order valence-corrected chi connectivity index (χ0v) is 26.1. The minimum atomic E-state index is -4.83. The Hall–Kier alpha value is -5.94. The highest BCUT2D eigenvalue weighted by Gasteiger charge is 2.27. The maximum Gasteiger partial charge on any atom is 0.298 e. The second kappa shape index (κ2) is 12.0. The first-order chi connectivity index (χ1) is 22.8. The van der Waals surface area contributed by atoms with Gasteiger partial charge in [-0.2, -0.15) is 27.1 Å². The van der Waals surface area contributed by atoms with Gasteiger partial charge in [0, 0.05) is 21.5 Å². The zero-order valence-electron chi connectivity index (χ0n) is 24.4. The fourth-order valence-corrected chi connectivity index (χ4v) is 6.79. The number of phenols is 2. The van der Waals surface area contributed by atoms with Crippen molar-refractivity contribution >= 4 is 75.9 Å². The number of phenolic OH excluding ortho intramolecular Hbond substituents is 2. The van der Waals surface area contributed by atoms with E-state index in [0.29, 0.717) is 11.4 Å². The van der Waals surface area contributed by atoms with Gasteiger partial charge in [-0.25, -0.2) is 0 Å². The third kappa shape index (κ3) is 5.87. The lowest BCUT2D eigenvalue weighted by Gasteiger charge is -2.12. The lowest BCUT2D eigenvalue weighted by molar-refractivity contribution is 0.444. The Morgan fingerprint density at radius 1 is 0.458 bits per heavy atom. The molecule has 14 nitrogen and oxygen atoms in total. The van der Waals surface area contributed by atoms with Crippen molar-refractivity contribution in [2.45, 2.75) is 9.79 Å². The Kier molecular flexibility index (Phi) is 8.01. The molecule has 0 heterocycles. The average molecular weight is 685 g/mol. The van der Waals surface area contributed by atoms with E-state index in [-0.39, 0.29) is 44.3 Å². The van der Waals surface area contributed by atoms with Crippen molar-refractivity contribution in [3.05, 3.63) is 97.1 Å². The molecule has 0 aromatic heterocycles. The molecule has 242 valence electrons. The summed E-state index contributed by atoms with van der Waals surface area (Å²) < 4.78 is 67.7. The first-order valence-corrected chi connectivity index (χ1v) is 16.7. The van der Waals surface area contributed by atoms with E-state index >= 15 is 0 Å². The summed E-state index contributed by atoms with van der Waals surface area (Å²) in [6.07, 6.45) is 0. The number of benzene rings is 6. The van der Waals surface area contributed by atoms with Gasteiger partial charge in [-0.15, -0.1) is 10.2 Å². The van der Waals surface area contributed by atoms with Crippen LogP contribution in [0.1, 0.15) is 0 Å². The summed E-state index contributed by atoms with van der Waals surface area (Å²) in [6, 6.07) is 25.6. The van der Waals surface area contributed by atoms with Crippen LogP contribution in [0.15, 0.2) is 127 Å². The average Bonchev–Trinajstić information content (AvgIpc) is 3.04. The first-order valence-electron chi connectivity index (χ1n) is 13.8. The minimum Gasteiger partial charge on any atom is -0.504 e. The number of nitrogens with two attached hydrogens (primary N) is 2. The van der Waals surface area contributed by atoms with Crippen molar-refractivity contribution in [1.82, 2.24) is 0 Å². The van der Waals surface area contributed by atoms with E-state index < -0.39 is 41.5 Å². The molecule has 0 saturated carbocycles. The highest BCUT2D eigenvalue weighted by molar-refractivity contribution is 7.86. The number of hydrogen-bond acceptors (Lipinski definition) is 12. The lowest BCUT2D eigenvalue weighted by atomic mass is 10.1. The molecule has 16 heteroatoms. The highest BCUT2D eigenvalue weighted by Crippen LogP contribution is 2.47. The molecule has 0 aliphatic carbocycles. The summed E-state index contributed by atoms with van der Waals surface area (Å²) in [4.78, 5) is -1.44. The molecule has 0 fully saturated rings. The normalized spacial score (nSPS) is 12.5. The maximum atomic E-state index is 12.0. The van der Waals surface area contributed by atoms with Crippen LogP contribution in [-0.2, 0) is 20.2 Å². The van der Waals surface area contributed by atoms with Crippen LogP contribution < -0.4 is 11.5 Å². The van der Waals surface area contributed by atoms with Crippen LogP contribution in [-0.4, -0.2) is 36.2 Å². The minimum absolute atomic E-state index is 0.0227. The third-order valence-electron chi connectivity index (χ3n) is 7.43. The second-order valence-corrected chi connectivity index (χ2v) is 13.1. The topological polar surface area (TPSA) is 251 Å². The molecular formula is C32H24N6O8S2. The Morgan fingerprint density at radius 3 is 1.08 bits per heavy atom. The molecule has 6 aromatic rings. The van der Waals surface area contributed by atoms with Gasteiger partial charge in [0.05, 0.1) is 22.7 Å². The largest absolute Gasteiger partial charge is 0.504 e. The van der Waals surface area contributed by atoms with Crippen LogP contribution in [0.25, 0.3) is 32.7 Å². The van der Waals surface area contributed by atoms with E-state index in [9.17, 15) is 36.2 Å². The standard InChI is InChI=1S/C32H24N6O8S2/c33-25-21-5-1-3-7-23(21)31(47(41,42)43)29(39)27(25)37-35-19-13-9-17(10-14-19)18-11-15-20(16-12-18)36-38-28-26(34)22-6-2-4-8-24(22)32(30(28)40)48(44,45)46/h1-16,39-40H,33-34H2,(H,41,42,43)(H,44,45,46)/b37-35+,38-36+. The number of fused-ring (bicyclic) bond motifs is 2. The van der Waals surface area contributed by atoms with E-state index in [0.717, 1.165) is 11.1 Å². The van der Waals surface area contributed by atoms with Crippen LogP contribution in [0.3, 0.4) is 0 Å². The van der Waals surface area contributed by atoms with Gasteiger partial charge < -0.3 is 21.7 Å². The van der Waals surface area contributed by atoms with Crippen molar-refractivity contribution in [3.8, 4) is 22.6 Å². The van der Waals surface area contributed by atoms with Gasteiger partial charge in [-0.3, -0.25) is 9.11 Å². The fraction of sp³-hybridized carbons (Fsp3) is 0. The zero-order chi connectivity index (χ0) is 34.4. The van der Waals surface area contributed by atoms with Gasteiger partial charge in [0.15, 0.2) is 22.9 Å². The lowest BCUT2D eigenvalue weighted by Crippen LogP contribution is -2.02. The summed E-state index contributed by atoms with van der Waals surface area (Å²) in [7, 11) is -9.65. The third-order valence-corrected chi connectivity index (χ3v) is 9.29. The Morgan fingerprint density at radius 2 is 0.771 bits per heavy atom. The van der Waals surface area contributed by atoms with E-state index in [1.165, 1.54) is 36.4 Å². The summed E-state index contributed by atoms with van der Waals surface area (Å²) in [5.41, 5.74) is 13.9. The molecule has 0 aliphatic rings. The van der Waals surface area contributed by atoms with Crippen LogP contribution in [0.5, 0.6) is 11.5 Å². The van der Waals surface area contributed by atoms with Crippen molar-refractivity contribution in [2.24, 2.45) is 20.5 Å². The van der Waals surface area contributed by atoms with Crippen LogP contribution in [0.4, 0.5) is 34.1 Å². The molecule has 6 rings (SSSR count). The van der Waals surface area contributed by atoms with Crippen molar-refractivity contribution in [1.29, 1.82) is 0 Å². The molecule has 6 aromatic carbocycles. The van der Waals surface area contributed by atoms with E-state index in [1.54, 1.807) is 60.7 Å². The van der Waals surface area contributed by atoms with Gasteiger partial charge in [0.1, 0.15) is 9.79 Å². The van der Waals surface area contributed by atoms with Gasteiger partial charge in [-0.05, 0) is 35.4 Å². The van der Waals surface area contributed by atoms with E-state index in [2.05, 4.69) is 20.5 Å². The molecule has 48 heavy (non-hydrogen) atoms. The first kappa shape index (κ1) is 32.0. The van der Waals surface area contributed by atoms with Crippen LogP contribution >= 0.6 is 0 Å². The number of nitrogen functional groups attached to an aromatic ring is 2. The summed E-state index contributed by atoms with van der Waals surface area (Å²) in [5.74, 6) is -1.66. The Labute approximate surface area is 272 Å². The maximum absolute atomic E-state index is 12.0. The predicted molar refractivity (Wildman–Crippen MR) is 180 cm³/mol. The predicted octanol–water partition coefficient (Wildman–Crippen LogP) is 7.56. The van der Waals surface area contributed by atoms with Gasteiger partial charge in [0.25, 0.3) is 20.2 Å². The molecule has 0 radical (unpaired) electrons.